The number of ether oxygens (including phenoxy) is 1. The van der Waals surface area contributed by atoms with E-state index in [1.54, 1.807) is 30.3 Å². The van der Waals surface area contributed by atoms with Gasteiger partial charge in [-0.3, -0.25) is 14.9 Å². The molecule has 0 spiro atoms. The van der Waals surface area contributed by atoms with E-state index >= 15 is 0 Å². The van der Waals surface area contributed by atoms with Crippen LogP contribution in [-0.2, 0) is 4.74 Å². The Balaban J connectivity index is 1.77. The summed E-state index contributed by atoms with van der Waals surface area (Å²) >= 11 is 0. The lowest BCUT2D eigenvalue weighted by Gasteiger charge is -2.23. The quantitative estimate of drug-likeness (QED) is 0.817. The van der Waals surface area contributed by atoms with Gasteiger partial charge in [0.15, 0.2) is 5.78 Å². The topological polar surface area (TPSA) is 102 Å². The Bertz CT molecular complexity index is 810. The van der Waals surface area contributed by atoms with Crippen LogP contribution in [0.4, 0.5) is 4.79 Å². The molecule has 1 fully saturated rings. The first kappa shape index (κ1) is 17.8. The fraction of sp³-hybridized carbons (Fsp3) is 0.333. The number of rotatable bonds is 4. The number of hydrogen-bond donors (Lipinski definition) is 2. The maximum atomic E-state index is 12.3. The van der Waals surface area contributed by atoms with E-state index in [1.165, 1.54) is 17.8 Å². The summed E-state index contributed by atoms with van der Waals surface area (Å²) in [4.78, 5) is 40.6. The summed E-state index contributed by atoms with van der Waals surface area (Å²) in [5.74, 6) is -0.103. The summed E-state index contributed by atoms with van der Waals surface area (Å²) in [7, 11) is 0. The largest absolute Gasteiger partial charge is 0.381 e. The monoisotopic (exact) mass is 356 g/mol. The molecule has 8 nitrogen and oxygen atoms in total. The number of Topliss-reactive ketones (excluding diaryl/α,β-unsaturated/α-hetero) is 1. The summed E-state index contributed by atoms with van der Waals surface area (Å²) in [6.07, 6.45) is 2.94. The second-order valence-corrected chi connectivity index (χ2v) is 6.04. The molecule has 8 heteroatoms. The third-order valence-electron chi connectivity index (χ3n) is 4.21. The highest BCUT2D eigenvalue weighted by Crippen LogP contribution is 2.26. The lowest BCUT2D eigenvalue weighted by Crippen LogP contribution is -2.40. The molecule has 0 atom stereocenters. The van der Waals surface area contributed by atoms with Crippen molar-refractivity contribution in [2.45, 2.75) is 25.7 Å². The lowest BCUT2D eigenvalue weighted by molar-refractivity contribution is 0.0830. The minimum Gasteiger partial charge on any atom is -0.381 e. The Hall–Kier alpha value is -3.00. The average molecular weight is 356 g/mol. The van der Waals surface area contributed by atoms with Crippen LogP contribution >= 0.6 is 0 Å². The van der Waals surface area contributed by atoms with Gasteiger partial charge >= 0.3 is 6.03 Å². The van der Waals surface area contributed by atoms with Gasteiger partial charge in [0.1, 0.15) is 11.5 Å². The van der Waals surface area contributed by atoms with E-state index in [2.05, 4.69) is 15.7 Å². The summed E-state index contributed by atoms with van der Waals surface area (Å²) in [6.45, 7) is 2.60. The second-order valence-electron chi connectivity index (χ2n) is 6.04. The third kappa shape index (κ3) is 3.97. The molecule has 0 aliphatic carbocycles. The standard InChI is InChI=1S/C18H20N4O4/c1-12(23)15-11-19-16(13-7-9-26-10-8-13)22(15)21-18(25)20-17(24)14-5-3-2-4-6-14/h2-6,11,13H,7-10H2,1H3,(H2,20,21,24,25). The fourth-order valence-corrected chi connectivity index (χ4v) is 2.87. The van der Waals surface area contributed by atoms with Gasteiger partial charge in [0.2, 0.25) is 0 Å². The van der Waals surface area contributed by atoms with Crippen LogP contribution in [0, 0.1) is 0 Å². The van der Waals surface area contributed by atoms with E-state index in [9.17, 15) is 14.4 Å². The Kier molecular flexibility index (Phi) is 5.43. The highest BCUT2D eigenvalue weighted by atomic mass is 16.5. The normalized spacial score (nSPS) is 14.7. The Morgan fingerprint density at radius 1 is 1.15 bits per heavy atom. The number of ketones is 1. The van der Waals surface area contributed by atoms with Crippen LogP contribution in [0.15, 0.2) is 36.5 Å². The van der Waals surface area contributed by atoms with Crippen molar-refractivity contribution in [2.24, 2.45) is 0 Å². The van der Waals surface area contributed by atoms with E-state index in [0.29, 0.717) is 24.6 Å². The summed E-state index contributed by atoms with van der Waals surface area (Å²) < 4.78 is 6.72. The molecular weight excluding hydrogens is 336 g/mol. The first-order valence-corrected chi connectivity index (χ1v) is 8.40. The first-order chi connectivity index (χ1) is 12.6. The smallest absolute Gasteiger partial charge is 0.340 e. The van der Waals surface area contributed by atoms with Crippen LogP contribution < -0.4 is 10.7 Å². The molecule has 3 rings (SSSR count). The number of amides is 3. The van der Waals surface area contributed by atoms with E-state index < -0.39 is 11.9 Å². The number of benzene rings is 1. The number of imidazole rings is 1. The van der Waals surface area contributed by atoms with Crippen molar-refractivity contribution < 1.29 is 19.1 Å². The third-order valence-corrected chi connectivity index (χ3v) is 4.21. The van der Waals surface area contributed by atoms with E-state index in [0.717, 1.165) is 12.8 Å². The number of urea groups is 1. The highest BCUT2D eigenvalue weighted by Gasteiger charge is 2.25. The van der Waals surface area contributed by atoms with Crippen LogP contribution in [0.3, 0.4) is 0 Å². The van der Waals surface area contributed by atoms with Crippen molar-refractivity contribution in [1.29, 1.82) is 0 Å². The van der Waals surface area contributed by atoms with E-state index in [4.69, 9.17) is 4.74 Å². The van der Waals surface area contributed by atoms with Crippen LogP contribution in [0.1, 0.15) is 52.4 Å². The van der Waals surface area contributed by atoms with Gasteiger partial charge in [-0.05, 0) is 25.0 Å². The molecule has 0 saturated carbocycles. The van der Waals surface area contributed by atoms with Gasteiger partial charge in [-0.25, -0.2) is 19.9 Å². The molecule has 1 aromatic carbocycles. The molecule has 3 amide bonds. The number of hydrogen-bond acceptors (Lipinski definition) is 5. The molecule has 0 bridgehead atoms. The molecule has 26 heavy (non-hydrogen) atoms. The maximum Gasteiger partial charge on any atom is 0.340 e. The Labute approximate surface area is 150 Å². The van der Waals surface area contributed by atoms with Crippen LogP contribution in [0.5, 0.6) is 0 Å². The van der Waals surface area contributed by atoms with Gasteiger partial charge in [0.05, 0.1) is 6.20 Å². The van der Waals surface area contributed by atoms with Crippen molar-refractivity contribution in [3.8, 4) is 0 Å². The second kappa shape index (κ2) is 7.92. The number of nitrogens with one attached hydrogen (secondary N) is 2. The van der Waals surface area contributed by atoms with Gasteiger partial charge in [-0.15, -0.1) is 0 Å². The fourth-order valence-electron chi connectivity index (χ4n) is 2.87. The van der Waals surface area contributed by atoms with Crippen molar-refractivity contribution in [1.82, 2.24) is 15.0 Å². The number of carbonyl (C=O) groups is 3. The van der Waals surface area contributed by atoms with E-state index in [-0.39, 0.29) is 17.4 Å². The average Bonchev–Trinajstić information content (AvgIpc) is 3.06. The van der Waals surface area contributed by atoms with Crippen LogP contribution in [0.2, 0.25) is 0 Å². The Morgan fingerprint density at radius 3 is 2.50 bits per heavy atom. The van der Waals surface area contributed by atoms with Gasteiger partial charge in [-0.1, -0.05) is 18.2 Å². The maximum absolute atomic E-state index is 12.3. The van der Waals surface area contributed by atoms with Gasteiger partial charge in [0.25, 0.3) is 5.91 Å². The zero-order valence-electron chi connectivity index (χ0n) is 14.4. The molecule has 1 aliphatic heterocycles. The molecule has 0 radical (unpaired) electrons. The summed E-state index contributed by atoms with van der Waals surface area (Å²) in [6, 6.07) is 7.68. The number of imide groups is 1. The molecule has 2 aromatic rings. The predicted octanol–water partition coefficient (Wildman–Crippen LogP) is 2.07. The minimum absolute atomic E-state index is 0.0713. The molecule has 2 N–H and O–H groups in total. The van der Waals surface area contributed by atoms with Crippen LogP contribution in [0.25, 0.3) is 0 Å². The van der Waals surface area contributed by atoms with Crippen molar-refractivity contribution in [3.63, 3.8) is 0 Å². The van der Waals surface area contributed by atoms with Gasteiger partial charge < -0.3 is 4.74 Å². The zero-order valence-corrected chi connectivity index (χ0v) is 14.4. The number of carbonyl (C=O) groups excluding carboxylic acids is 3. The molecule has 0 unspecified atom stereocenters. The molecule has 1 saturated heterocycles. The van der Waals surface area contributed by atoms with Crippen LogP contribution in [-0.4, -0.2) is 40.6 Å². The minimum atomic E-state index is -0.729. The lowest BCUT2D eigenvalue weighted by atomic mass is 10.00. The predicted molar refractivity (Wildman–Crippen MR) is 93.7 cm³/mol. The Morgan fingerprint density at radius 2 is 1.85 bits per heavy atom. The number of nitrogens with zero attached hydrogens (tertiary/aromatic N) is 2. The molecule has 1 aliphatic rings. The van der Waals surface area contributed by atoms with E-state index in [1.807, 2.05) is 0 Å². The highest BCUT2D eigenvalue weighted by molar-refractivity contribution is 6.06. The molecule has 1 aromatic heterocycles. The number of aromatic nitrogens is 2. The molecule has 2 heterocycles. The van der Waals surface area contributed by atoms with Crippen molar-refractivity contribution in [2.75, 3.05) is 18.6 Å². The summed E-state index contributed by atoms with van der Waals surface area (Å²) in [5.41, 5.74) is 3.18. The first-order valence-electron chi connectivity index (χ1n) is 8.40. The SMILES string of the molecule is CC(=O)c1cnc(C2CCOCC2)n1NC(=O)NC(=O)c1ccccc1. The summed E-state index contributed by atoms with van der Waals surface area (Å²) in [5, 5.41) is 2.26. The van der Waals surface area contributed by atoms with Crippen molar-refractivity contribution >= 4 is 17.7 Å². The molecule has 136 valence electrons. The van der Waals surface area contributed by atoms with Gasteiger partial charge in [-0.2, -0.15) is 0 Å². The molecular formula is C18H20N4O4. The van der Waals surface area contributed by atoms with Crippen molar-refractivity contribution in [3.05, 3.63) is 53.6 Å². The zero-order chi connectivity index (χ0) is 18.5. The van der Waals surface area contributed by atoms with Gasteiger partial charge in [0, 0.05) is 31.6 Å².